The van der Waals surface area contributed by atoms with E-state index in [1.54, 1.807) is 13.2 Å². The Hall–Kier alpha value is -2.05. The van der Waals surface area contributed by atoms with E-state index in [4.69, 9.17) is 0 Å². The summed E-state index contributed by atoms with van der Waals surface area (Å²) in [5.74, 6) is 0.450. The molecule has 0 aliphatic carbocycles. The van der Waals surface area contributed by atoms with Gasteiger partial charge in [0.15, 0.2) is 5.96 Å². The number of aliphatic imine (C=N–C) groups is 1. The van der Waals surface area contributed by atoms with Crippen LogP contribution in [0.1, 0.15) is 12.8 Å². The number of carbonyl (C=O) groups is 1. The molecule has 1 aromatic heterocycles. The standard InChI is InChI=1S/C12H21N5O2/c1-13-12(15-8-5-11(18)19-2)14-6-3-9-17-10-4-7-16-17/h4,7,10H,3,5-6,8-9H2,1-2H3,(H2,13,14,15). The summed E-state index contributed by atoms with van der Waals surface area (Å²) < 4.78 is 6.44. The normalized spacial score (nSPS) is 11.2. The molecule has 0 fully saturated rings. The number of esters is 1. The summed E-state index contributed by atoms with van der Waals surface area (Å²) in [6, 6.07) is 1.90. The first kappa shape index (κ1) is 15.0. The van der Waals surface area contributed by atoms with Gasteiger partial charge >= 0.3 is 5.97 Å². The Morgan fingerprint density at radius 3 is 2.84 bits per heavy atom. The van der Waals surface area contributed by atoms with Crippen LogP contribution in [0.4, 0.5) is 0 Å². The van der Waals surface area contributed by atoms with Gasteiger partial charge in [-0.05, 0) is 12.5 Å². The van der Waals surface area contributed by atoms with Crippen LogP contribution in [0.15, 0.2) is 23.5 Å². The van der Waals surface area contributed by atoms with Gasteiger partial charge in [-0.3, -0.25) is 14.5 Å². The van der Waals surface area contributed by atoms with Gasteiger partial charge in [0.25, 0.3) is 0 Å². The Balaban J connectivity index is 2.10. The topological polar surface area (TPSA) is 80.5 Å². The maximum absolute atomic E-state index is 10.9. The van der Waals surface area contributed by atoms with Crippen molar-refractivity contribution in [3.8, 4) is 0 Å². The molecule has 0 bridgehead atoms. The van der Waals surface area contributed by atoms with Crippen LogP contribution < -0.4 is 10.6 Å². The Bertz CT molecular complexity index is 389. The van der Waals surface area contributed by atoms with Gasteiger partial charge in [-0.1, -0.05) is 0 Å². The van der Waals surface area contributed by atoms with E-state index in [0.717, 1.165) is 19.5 Å². The average Bonchev–Trinajstić information content (AvgIpc) is 2.94. The van der Waals surface area contributed by atoms with E-state index in [0.29, 0.717) is 18.9 Å². The Morgan fingerprint density at radius 2 is 2.21 bits per heavy atom. The average molecular weight is 267 g/mol. The van der Waals surface area contributed by atoms with Crippen molar-refractivity contribution < 1.29 is 9.53 Å². The zero-order chi connectivity index (χ0) is 13.9. The summed E-state index contributed by atoms with van der Waals surface area (Å²) in [4.78, 5) is 15.0. The monoisotopic (exact) mass is 267 g/mol. The van der Waals surface area contributed by atoms with Crippen LogP contribution >= 0.6 is 0 Å². The lowest BCUT2D eigenvalue weighted by atomic mass is 10.4. The number of nitrogens with zero attached hydrogens (tertiary/aromatic N) is 3. The molecule has 0 atom stereocenters. The summed E-state index contributed by atoms with van der Waals surface area (Å²) in [5.41, 5.74) is 0. The largest absolute Gasteiger partial charge is 0.469 e. The van der Waals surface area contributed by atoms with Crippen molar-refractivity contribution in [3.05, 3.63) is 18.5 Å². The van der Waals surface area contributed by atoms with Gasteiger partial charge in [-0.15, -0.1) is 0 Å². The molecule has 7 heteroatoms. The van der Waals surface area contributed by atoms with E-state index in [1.165, 1.54) is 7.11 Å². The highest BCUT2D eigenvalue weighted by atomic mass is 16.5. The van der Waals surface area contributed by atoms with Gasteiger partial charge < -0.3 is 15.4 Å². The van der Waals surface area contributed by atoms with Crippen molar-refractivity contribution in [2.45, 2.75) is 19.4 Å². The summed E-state index contributed by atoms with van der Waals surface area (Å²) in [6.45, 7) is 2.16. The van der Waals surface area contributed by atoms with Crippen LogP contribution in [-0.4, -0.2) is 49.0 Å². The number of hydrogen-bond donors (Lipinski definition) is 2. The van der Waals surface area contributed by atoms with Crippen molar-refractivity contribution >= 4 is 11.9 Å². The number of nitrogens with one attached hydrogen (secondary N) is 2. The second kappa shape index (κ2) is 8.96. The Labute approximate surface area is 113 Å². The quantitative estimate of drug-likeness (QED) is 0.315. The molecule has 7 nitrogen and oxygen atoms in total. The summed E-state index contributed by atoms with van der Waals surface area (Å²) in [5, 5.41) is 10.3. The third-order valence-corrected chi connectivity index (χ3v) is 2.49. The lowest BCUT2D eigenvalue weighted by Crippen LogP contribution is -2.39. The fraction of sp³-hybridized carbons (Fsp3) is 0.583. The number of aromatic nitrogens is 2. The maximum atomic E-state index is 10.9. The molecule has 0 saturated carbocycles. The van der Waals surface area contributed by atoms with Crippen molar-refractivity contribution in [3.63, 3.8) is 0 Å². The molecule has 0 amide bonds. The van der Waals surface area contributed by atoms with Crippen molar-refractivity contribution in [2.24, 2.45) is 4.99 Å². The van der Waals surface area contributed by atoms with Gasteiger partial charge in [0, 0.05) is 39.1 Å². The third kappa shape index (κ3) is 6.44. The number of methoxy groups -OCH3 is 1. The molecular weight excluding hydrogens is 246 g/mol. The number of hydrogen-bond acceptors (Lipinski definition) is 4. The molecular formula is C12H21N5O2. The lowest BCUT2D eigenvalue weighted by molar-refractivity contribution is -0.140. The Morgan fingerprint density at radius 1 is 1.42 bits per heavy atom. The molecule has 1 rings (SSSR count). The highest BCUT2D eigenvalue weighted by molar-refractivity contribution is 5.80. The van der Waals surface area contributed by atoms with Gasteiger partial charge in [0.2, 0.25) is 0 Å². The number of aryl methyl sites for hydroxylation is 1. The van der Waals surface area contributed by atoms with E-state index in [9.17, 15) is 4.79 Å². The molecule has 19 heavy (non-hydrogen) atoms. The second-order valence-corrected chi connectivity index (χ2v) is 3.87. The minimum Gasteiger partial charge on any atom is -0.469 e. The van der Waals surface area contributed by atoms with E-state index in [-0.39, 0.29) is 5.97 Å². The van der Waals surface area contributed by atoms with E-state index in [1.807, 2.05) is 16.9 Å². The molecule has 1 heterocycles. The van der Waals surface area contributed by atoms with E-state index >= 15 is 0 Å². The predicted molar refractivity (Wildman–Crippen MR) is 72.8 cm³/mol. The summed E-state index contributed by atoms with van der Waals surface area (Å²) in [6.07, 6.45) is 4.97. The number of rotatable bonds is 7. The fourth-order valence-electron chi connectivity index (χ4n) is 1.49. The maximum Gasteiger partial charge on any atom is 0.307 e. The molecule has 106 valence electrons. The smallest absolute Gasteiger partial charge is 0.307 e. The van der Waals surface area contributed by atoms with Crippen LogP contribution in [0.3, 0.4) is 0 Å². The zero-order valence-electron chi connectivity index (χ0n) is 11.4. The van der Waals surface area contributed by atoms with Crippen molar-refractivity contribution in [2.75, 3.05) is 27.2 Å². The molecule has 0 aliphatic rings. The SMILES string of the molecule is CN=C(NCCCn1cccn1)NCCC(=O)OC. The number of ether oxygens (including phenoxy) is 1. The summed E-state index contributed by atoms with van der Waals surface area (Å²) in [7, 11) is 3.08. The van der Waals surface area contributed by atoms with Crippen molar-refractivity contribution in [1.82, 2.24) is 20.4 Å². The highest BCUT2D eigenvalue weighted by Gasteiger charge is 2.01. The summed E-state index contributed by atoms with van der Waals surface area (Å²) >= 11 is 0. The molecule has 0 aromatic carbocycles. The molecule has 0 aliphatic heterocycles. The minimum absolute atomic E-state index is 0.235. The first-order valence-electron chi connectivity index (χ1n) is 6.25. The zero-order valence-corrected chi connectivity index (χ0v) is 11.4. The molecule has 0 saturated heterocycles. The molecule has 0 unspecified atom stereocenters. The van der Waals surface area contributed by atoms with Gasteiger partial charge in [0.1, 0.15) is 0 Å². The van der Waals surface area contributed by atoms with Crippen LogP contribution in [0.25, 0.3) is 0 Å². The van der Waals surface area contributed by atoms with Crippen LogP contribution in [0.2, 0.25) is 0 Å². The van der Waals surface area contributed by atoms with Gasteiger partial charge in [-0.2, -0.15) is 5.10 Å². The predicted octanol–water partition coefficient (Wildman–Crippen LogP) is 0.00130. The van der Waals surface area contributed by atoms with E-state index < -0.39 is 0 Å². The number of carbonyl (C=O) groups excluding carboxylic acids is 1. The molecule has 2 N–H and O–H groups in total. The van der Waals surface area contributed by atoms with Crippen LogP contribution in [0.5, 0.6) is 0 Å². The number of guanidine groups is 1. The van der Waals surface area contributed by atoms with E-state index in [2.05, 4.69) is 25.5 Å². The second-order valence-electron chi connectivity index (χ2n) is 3.87. The fourth-order valence-corrected chi connectivity index (χ4v) is 1.49. The molecule has 1 aromatic rings. The molecule has 0 radical (unpaired) electrons. The van der Waals surface area contributed by atoms with Crippen LogP contribution in [-0.2, 0) is 16.1 Å². The van der Waals surface area contributed by atoms with Gasteiger partial charge in [-0.25, -0.2) is 0 Å². The third-order valence-electron chi connectivity index (χ3n) is 2.49. The Kier molecular flexibility index (Phi) is 7.08. The molecule has 0 spiro atoms. The first-order valence-corrected chi connectivity index (χ1v) is 6.25. The van der Waals surface area contributed by atoms with Crippen LogP contribution in [0, 0.1) is 0 Å². The first-order chi connectivity index (χ1) is 9.26. The lowest BCUT2D eigenvalue weighted by Gasteiger charge is -2.11. The van der Waals surface area contributed by atoms with Gasteiger partial charge in [0.05, 0.1) is 13.5 Å². The highest BCUT2D eigenvalue weighted by Crippen LogP contribution is 1.88. The van der Waals surface area contributed by atoms with Crippen molar-refractivity contribution in [1.29, 1.82) is 0 Å². The minimum atomic E-state index is -0.235.